The zero-order valence-electron chi connectivity index (χ0n) is 22.6. The van der Waals surface area contributed by atoms with Gasteiger partial charge in [-0.3, -0.25) is 29.3 Å². The van der Waals surface area contributed by atoms with Crippen LogP contribution in [0.3, 0.4) is 0 Å². The summed E-state index contributed by atoms with van der Waals surface area (Å²) in [6.07, 6.45) is 4.53. The third-order valence-electron chi connectivity index (χ3n) is 8.08. The van der Waals surface area contributed by atoms with E-state index in [0.717, 1.165) is 10.0 Å². The molecule has 0 N–H and O–H groups in total. The number of hydrogen-bond donors (Lipinski definition) is 0. The second-order valence-corrected chi connectivity index (χ2v) is 11.5. The molecule has 3 amide bonds. The van der Waals surface area contributed by atoms with E-state index in [1.54, 1.807) is 0 Å². The van der Waals surface area contributed by atoms with Crippen LogP contribution in [0.5, 0.6) is 5.75 Å². The van der Waals surface area contributed by atoms with Crippen molar-refractivity contribution < 1.29 is 33.6 Å². The van der Waals surface area contributed by atoms with Crippen molar-refractivity contribution in [1.29, 1.82) is 0 Å². The van der Waals surface area contributed by atoms with Gasteiger partial charge in [0.25, 0.3) is 23.4 Å². The van der Waals surface area contributed by atoms with Crippen LogP contribution >= 0.6 is 23.2 Å². The van der Waals surface area contributed by atoms with E-state index >= 15 is 0 Å². The van der Waals surface area contributed by atoms with Gasteiger partial charge in [-0.15, -0.1) is 0 Å². The summed E-state index contributed by atoms with van der Waals surface area (Å²) in [5.41, 5.74) is -0.0313. The molecule has 1 saturated heterocycles. The van der Waals surface area contributed by atoms with Gasteiger partial charge >= 0.3 is 5.97 Å². The number of allylic oxidation sites excluding steroid dienone is 2. The molecular weight excluding hydrogens is 613 g/mol. The molecule has 11 nitrogen and oxygen atoms in total. The average molecular weight is 634 g/mol. The molecule has 222 valence electrons. The van der Waals surface area contributed by atoms with Gasteiger partial charge < -0.3 is 4.74 Å². The molecule has 13 heteroatoms. The molecule has 2 fully saturated rings. The van der Waals surface area contributed by atoms with Crippen molar-refractivity contribution in [2.75, 3.05) is 6.54 Å². The number of carbonyl (C=O) groups excluding carboxylic acids is 5. The summed E-state index contributed by atoms with van der Waals surface area (Å²) in [5, 5.41) is 12.7. The zero-order valence-corrected chi connectivity index (χ0v) is 24.1. The summed E-state index contributed by atoms with van der Waals surface area (Å²) in [4.78, 5) is 77.1. The molecule has 0 radical (unpaired) electrons. The van der Waals surface area contributed by atoms with E-state index < -0.39 is 52.8 Å². The van der Waals surface area contributed by atoms with Crippen molar-refractivity contribution in [2.24, 2.45) is 23.7 Å². The van der Waals surface area contributed by atoms with Crippen LogP contribution in [-0.4, -0.2) is 51.0 Å². The number of ketones is 1. The van der Waals surface area contributed by atoms with Crippen molar-refractivity contribution in [1.82, 2.24) is 10.0 Å². The van der Waals surface area contributed by atoms with Gasteiger partial charge in [-0.1, -0.05) is 35.4 Å². The fraction of sp³-hybridized carbons (Fsp3) is 0.194. The predicted molar refractivity (Wildman–Crippen MR) is 156 cm³/mol. The first-order chi connectivity index (χ1) is 21.0. The largest absolute Gasteiger partial charge is 0.423 e. The number of carbonyl (C=O) groups is 5. The number of fused-ring (bicyclic) bond motifs is 5. The Balaban J connectivity index is 1.23. The van der Waals surface area contributed by atoms with Gasteiger partial charge in [0, 0.05) is 22.7 Å². The fourth-order valence-electron chi connectivity index (χ4n) is 5.98. The lowest BCUT2D eigenvalue weighted by molar-refractivity contribution is -0.384. The third kappa shape index (κ3) is 5.14. The van der Waals surface area contributed by atoms with Gasteiger partial charge in [-0.05, 0) is 72.9 Å². The van der Waals surface area contributed by atoms with Gasteiger partial charge in [0.05, 0.1) is 32.9 Å². The standard InChI is InChI=1S/C31H21Cl2N3O8/c32-20-7-12-23(24(33)14-20)28(38)34(35-29(39)26-18-1-2-19(13-18)27(26)30(35)40)15-25(37)16-5-10-22(11-6-16)44-31(41)17-3-8-21(9-4-17)36(42)43/h1-12,14,18-19,26-27H,13,15H2/t18-,19-,26-,27-/m0/s1. The average Bonchev–Trinajstić information content (AvgIpc) is 3.69. The second kappa shape index (κ2) is 11.3. The number of hydrogen-bond acceptors (Lipinski definition) is 8. The summed E-state index contributed by atoms with van der Waals surface area (Å²) in [7, 11) is 0. The Labute approximate surface area is 259 Å². The molecule has 1 aliphatic heterocycles. The SMILES string of the molecule is O=C(CN(C(=O)c1ccc(Cl)cc1Cl)N1C(=O)[C@@H]2[C@@H](C1=O)[C@H]1C=C[C@H]2C1)c1ccc(OC(=O)c2ccc([N+](=O)[O-])cc2)cc1. The van der Waals surface area contributed by atoms with Crippen LogP contribution in [0.1, 0.15) is 37.5 Å². The molecule has 3 aromatic rings. The Morgan fingerprint density at radius 2 is 1.48 bits per heavy atom. The van der Waals surface area contributed by atoms with E-state index in [9.17, 15) is 34.1 Å². The first-order valence-electron chi connectivity index (χ1n) is 13.5. The van der Waals surface area contributed by atoms with Crippen molar-refractivity contribution in [3.05, 3.63) is 116 Å². The van der Waals surface area contributed by atoms with E-state index in [4.69, 9.17) is 27.9 Å². The van der Waals surface area contributed by atoms with E-state index in [1.165, 1.54) is 66.7 Å². The molecule has 2 bridgehead atoms. The molecule has 3 aliphatic rings. The number of Topliss-reactive ketones (excluding diaryl/α,β-unsaturated/α-hetero) is 1. The van der Waals surface area contributed by atoms with Crippen molar-refractivity contribution in [2.45, 2.75) is 6.42 Å². The number of esters is 1. The Morgan fingerprint density at radius 1 is 0.886 bits per heavy atom. The number of rotatable bonds is 8. The number of non-ortho nitro benzene ring substituents is 1. The van der Waals surface area contributed by atoms with E-state index in [-0.39, 0.29) is 50.0 Å². The highest BCUT2D eigenvalue weighted by Gasteiger charge is 2.61. The molecule has 0 unspecified atom stereocenters. The van der Waals surface area contributed by atoms with Gasteiger partial charge in [0.15, 0.2) is 5.78 Å². The van der Waals surface area contributed by atoms with E-state index in [0.29, 0.717) is 6.42 Å². The number of hydrazine groups is 1. The van der Waals surface area contributed by atoms with Crippen molar-refractivity contribution in [3.63, 3.8) is 0 Å². The van der Waals surface area contributed by atoms with Gasteiger partial charge in [-0.25, -0.2) is 9.80 Å². The molecule has 1 saturated carbocycles. The van der Waals surface area contributed by atoms with Gasteiger partial charge in [0.1, 0.15) is 12.3 Å². The molecule has 44 heavy (non-hydrogen) atoms. The zero-order chi connectivity index (χ0) is 31.3. The maximum absolute atomic E-state index is 13.8. The molecule has 3 aromatic carbocycles. The maximum Gasteiger partial charge on any atom is 0.343 e. The van der Waals surface area contributed by atoms with Crippen LogP contribution in [0.25, 0.3) is 0 Å². The molecule has 6 rings (SSSR count). The molecule has 0 aromatic heterocycles. The van der Waals surface area contributed by atoms with Gasteiger partial charge in [-0.2, -0.15) is 5.01 Å². The Kier molecular flexibility index (Phi) is 7.52. The molecule has 2 aliphatic carbocycles. The Hall–Kier alpha value is -4.87. The fourth-order valence-corrected chi connectivity index (χ4v) is 6.47. The quantitative estimate of drug-likeness (QED) is 0.0628. The third-order valence-corrected chi connectivity index (χ3v) is 8.63. The van der Waals surface area contributed by atoms with Gasteiger partial charge in [0.2, 0.25) is 0 Å². The minimum Gasteiger partial charge on any atom is -0.423 e. The number of amides is 3. The van der Waals surface area contributed by atoms with E-state index in [2.05, 4.69) is 0 Å². The maximum atomic E-state index is 13.8. The van der Waals surface area contributed by atoms with Crippen LogP contribution < -0.4 is 4.74 Å². The number of ether oxygens (including phenoxy) is 1. The smallest absolute Gasteiger partial charge is 0.343 e. The number of nitrogens with zero attached hydrogens (tertiary/aromatic N) is 3. The number of nitro benzene ring substituents is 1. The monoisotopic (exact) mass is 633 g/mol. The number of nitro groups is 1. The van der Waals surface area contributed by atoms with Crippen LogP contribution in [0, 0.1) is 33.8 Å². The summed E-state index contributed by atoms with van der Waals surface area (Å²) >= 11 is 12.3. The lowest BCUT2D eigenvalue weighted by Gasteiger charge is -2.31. The second-order valence-electron chi connectivity index (χ2n) is 10.6. The highest BCUT2D eigenvalue weighted by Crippen LogP contribution is 2.52. The van der Waals surface area contributed by atoms with E-state index in [1.807, 2.05) is 12.2 Å². The Bertz CT molecular complexity index is 1740. The first kappa shape index (κ1) is 29.2. The summed E-state index contributed by atoms with van der Waals surface area (Å²) in [6, 6.07) is 14.5. The number of halogens is 2. The lowest BCUT2D eigenvalue weighted by Crippen LogP contribution is -2.52. The van der Waals surface area contributed by atoms with Crippen molar-refractivity contribution >= 4 is 58.4 Å². The Morgan fingerprint density at radius 3 is 2.05 bits per heavy atom. The predicted octanol–water partition coefficient (Wildman–Crippen LogP) is 5.17. The summed E-state index contributed by atoms with van der Waals surface area (Å²) in [5.74, 6) is -4.62. The molecule has 0 spiro atoms. The summed E-state index contributed by atoms with van der Waals surface area (Å²) in [6.45, 7) is -0.653. The highest BCUT2D eigenvalue weighted by atomic mass is 35.5. The summed E-state index contributed by atoms with van der Waals surface area (Å²) < 4.78 is 5.30. The molecule has 4 atom stereocenters. The van der Waals surface area contributed by atoms with Crippen LogP contribution in [0.15, 0.2) is 78.9 Å². The number of benzene rings is 3. The minimum absolute atomic E-state index is 0.0137. The topological polar surface area (TPSA) is 144 Å². The lowest BCUT2D eigenvalue weighted by atomic mass is 9.85. The highest BCUT2D eigenvalue weighted by molar-refractivity contribution is 6.36. The van der Waals surface area contributed by atoms with Crippen LogP contribution in [0.4, 0.5) is 5.69 Å². The minimum atomic E-state index is -0.823. The molecular formula is C31H21Cl2N3O8. The van der Waals surface area contributed by atoms with Crippen molar-refractivity contribution in [3.8, 4) is 5.75 Å². The first-order valence-corrected chi connectivity index (χ1v) is 14.2. The van der Waals surface area contributed by atoms with Crippen LogP contribution in [0.2, 0.25) is 10.0 Å². The van der Waals surface area contributed by atoms with Crippen LogP contribution in [-0.2, 0) is 9.59 Å². The normalized spacial score (nSPS) is 21.4. The molecule has 1 heterocycles. The number of imide groups is 1.